The second kappa shape index (κ2) is 6.46. The van der Waals surface area contributed by atoms with Crippen LogP contribution in [0.4, 0.5) is 24.9 Å². The van der Waals surface area contributed by atoms with Gasteiger partial charge in [0.25, 0.3) is 0 Å². The molecule has 7 nitrogen and oxygen atoms in total. The Labute approximate surface area is 135 Å². The minimum Gasteiger partial charge on any atom is -0.355 e. The summed E-state index contributed by atoms with van der Waals surface area (Å²) in [4.78, 5) is 21.5. The average molecular weight is 340 g/mol. The Bertz CT molecular complexity index is 703. The summed E-state index contributed by atoms with van der Waals surface area (Å²) in [6.45, 7) is 0.590. The Hall–Kier alpha value is -2.65. The van der Waals surface area contributed by atoms with Gasteiger partial charge in [0, 0.05) is 19.3 Å². The lowest BCUT2D eigenvalue weighted by atomic mass is 9.96. The molecule has 1 atom stereocenters. The van der Waals surface area contributed by atoms with Crippen molar-refractivity contribution >= 4 is 17.7 Å². The van der Waals surface area contributed by atoms with Crippen molar-refractivity contribution in [3.8, 4) is 0 Å². The smallest absolute Gasteiger partial charge is 0.355 e. The van der Waals surface area contributed by atoms with E-state index >= 15 is 0 Å². The molecule has 1 saturated heterocycles. The highest BCUT2D eigenvalue weighted by Gasteiger charge is 2.37. The summed E-state index contributed by atoms with van der Waals surface area (Å²) in [6, 6.07) is 2.25. The first-order valence-electron chi connectivity index (χ1n) is 7.38. The van der Waals surface area contributed by atoms with Crippen LogP contribution >= 0.6 is 0 Å². The van der Waals surface area contributed by atoms with E-state index < -0.39 is 17.7 Å². The van der Waals surface area contributed by atoms with Crippen LogP contribution in [0, 0.1) is 5.92 Å². The van der Waals surface area contributed by atoms with Gasteiger partial charge in [0.05, 0.1) is 11.5 Å². The molecule has 0 unspecified atom stereocenters. The molecule has 1 amide bonds. The highest BCUT2D eigenvalue weighted by Crippen LogP contribution is 2.36. The number of halogens is 3. The number of hydrogen-bond acceptors (Lipinski definition) is 5. The monoisotopic (exact) mass is 340 g/mol. The standard InChI is InChI=1S/C14H15F3N6O/c15-14(16,17)10-4-1-5-18-11(10)23-6-2-3-9(7-23)12(24)21-13-19-8-20-22-13/h1,4-5,8-9H,2-3,6-7H2,(H2,19,20,21,22,24)/t9-/m0/s1. The molecule has 2 aromatic rings. The number of anilines is 2. The van der Waals surface area contributed by atoms with Crippen LogP contribution in [-0.4, -0.2) is 39.2 Å². The fourth-order valence-electron chi connectivity index (χ4n) is 2.74. The molecular formula is C14H15F3N6O. The molecular weight excluding hydrogens is 325 g/mol. The summed E-state index contributed by atoms with van der Waals surface area (Å²) in [5.41, 5.74) is -0.790. The van der Waals surface area contributed by atoms with Crippen molar-refractivity contribution in [1.82, 2.24) is 20.2 Å². The molecule has 128 valence electrons. The lowest BCUT2D eigenvalue weighted by Gasteiger charge is -2.34. The molecule has 24 heavy (non-hydrogen) atoms. The van der Waals surface area contributed by atoms with E-state index in [4.69, 9.17) is 0 Å². The van der Waals surface area contributed by atoms with Crippen molar-refractivity contribution in [2.24, 2.45) is 5.92 Å². The quantitative estimate of drug-likeness (QED) is 0.893. The van der Waals surface area contributed by atoms with Crippen LogP contribution in [0.3, 0.4) is 0 Å². The Morgan fingerprint density at radius 3 is 2.92 bits per heavy atom. The molecule has 3 heterocycles. The lowest BCUT2D eigenvalue weighted by molar-refractivity contribution is -0.137. The van der Waals surface area contributed by atoms with E-state index in [0.29, 0.717) is 19.4 Å². The number of aromatic nitrogens is 4. The number of rotatable bonds is 3. The van der Waals surface area contributed by atoms with Crippen molar-refractivity contribution in [3.05, 3.63) is 30.2 Å². The second-order valence-electron chi connectivity index (χ2n) is 5.48. The molecule has 1 fully saturated rings. The van der Waals surface area contributed by atoms with Gasteiger partial charge in [-0.1, -0.05) is 0 Å². The van der Waals surface area contributed by atoms with Crippen molar-refractivity contribution in [1.29, 1.82) is 0 Å². The van der Waals surface area contributed by atoms with Crippen LogP contribution in [0.1, 0.15) is 18.4 Å². The molecule has 0 spiro atoms. The number of piperidine rings is 1. The van der Waals surface area contributed by atoms with Crippen LogP contribution in [-0.2, 0) is 11.0 Å². The summed E-state index contributed by atoms with van der Waals surface area (Å²) >= 11 is 0. The number of nitrogens with one attached hydrogen (secondary N) is 2. The Morgan fingerprint density at radius 1 is 1.38 bits per heavy atom. The number of amides is 1. The van der Waals surface area contributed by atoms with Crippen LogP contribution in [0.2, 0.25) is 0 Å². The molecule has 0 bridgehead atoms. The van der Waals surface area contributed by atoms with Crippen molar-refractivity contribution in [2.75, 3.05) is 23.3 Å². The van der Waals surface area contributed by atoms with Gasteiger partial charge in [0.15, 0.2) is 0 Å². The number of aromatic amines is 1. The predicted molar refractivity (Wildman–Crippen MR) is 79.2 cm³/mol. The number of hydrogen-bond donors (Lipinski definition) is 2. The molecule has 10 heteroatoms. The van der Waals surface area contributed by atoms with E-state index in [1.165, 1.54) is 23.5 Å². The molecule has 0 aromatic carbocycles. The van der Waals surface area contributed by atoms with Gasteiger partial charge in [0.2, 0.25) is 11.9 Å². The van der Waals surface area contributed by atoms with Gasteiger partial charge in [-0.3, -0.25) is 10.1 Å². The molecule has 0 saturated carbocycles. The highest BCUT2D eigenvalue weighted by molar-refractivity contribution is 5.91. The third kappa shape index (κ3) is 3.47. The van der Waals surface area contributed by atoms with Crippen molar-refractivity contribution in [2.45, 2.75) is 19.0 Å². The van der Waals surface area contributed by atoms with Gasteiger partial charge >= 0.3 is 6.18 Å². The normalized spacial score (nSPS) is 18.5. The zero-order valence-corrected chi connectivity index (χ0v) is 12.5. The van der Waals surface area contributed by atoms with Crippen LogP contribution < -0.4 is 10.2 Å². The van der Waals surface area contributed by atoms with Gasteiger partial charge < -0.3 is 4.90 Å². The maximum Gasteiger partial charge on any atom is 0.419 e. The van der Waals surface area contributed by atoms with Gasteiger partial charge in [-0.15, -0.1) is 0 Å². The maximum atomic E-state index is 13.1. The SMILES string of the molecule is O=C(Nc1ncn[nH]1)[C@H]1CCCN(c2ncccc2C(F)(F)F)C1. The zero-order valence-electron chi connectivity index (χ0n) is 12.5. The number of alkyl halides is 3. The predicted octanol–water partition coefficient (Wildman–Crippen LogP) is 2.07. The molecule has 2 aromatic heterocycles. The number of H-pyrrole nitrogens is 1. The first kappa shape index (κ1) is 16.2. The number of carbonyl (C=O) groups excluding carboxylic acids is 1. The number of pyridine rings is 1. The summed E-state index contributed by atoms with van der Waals surface area (Å²) in [5.74, 6) is -0.680. The first-order valence-corrected chi connectivity index (χ1v) is 7.38. The van der Waals surface area contributed by atoms with E-state index in [1.807, 2.05) is 0 Å². The summed E-state index contributed by atoms with van der Waals surface area (Å²) in [6.07, 6.45) is -0.722. The van der Waals surface area contributed by atoms with E-state index in [9.17, 15) is 18.0 Å². The Balaban J connectivity index is 1.75. The molecule has 1 aliphatic rings. The van der Waals surface area contributed by atoms with E-state index in [0.717, 1.165) is 6.07 Å². The van der Waals surface area contributed by atoms with E-state index in [-0.39, 0.29) is 24.2 Å². The lowest BCUT2D eigenvalue weighted by Crippen LogP contribution is -2.42. The number of carbonyl (C=O) groups is 1. The minimum atomic E-state index is -4.49. The number of nitrogens with zero attached hydrogens (tertiary/aromatic N) is 4. The molecule has 3 rings (SSSR count). The van der Waals surface area contributed by atoms with Crippen LogP contribution in [0.5, 0.6) is 0 Å². The largest absolute Gasteiger partial charge is 0.419 e. The van der Waals surface area contributed by atoms with E-state index in [2.05, 4.69) is 25.5 Å². The Kier molecular flexibility index (Phi) is 4.36. The van der Waals surface area contributed by atoms with E-state index in [1.54, 1.807) is 0 Å². The molecule has 0 aliphatic carbocycles. The van der Waals surface area contributed by atoms with Gasteiger partial charge in [0.1, 0.15) is 12.1 Å². The summed E-state index contributed by atoms with van der Waals surface area (Å²) in [7, 11) is 0. The van der Waals surface area contributed by atoms with Gasteiger partial charge in [-0.05, 0) is 25.0 Å². The van der Waals surface area contributed by atoms with Crippen LogP contribution in [0.25, 0.3) is 0 Å². The molecule has 2 N–H and O–H groups in total. The zero-order chi connectivity index (χ0) is 17.2. The maximum absolute atomic E-state index is 13.1. The second-order valence-corrected chi connectivity index (χ2v) is 5.48. The van der Waals surface area contributed by atoms with Crippen molar-refractivity contribution < 1.29 is 18.0 Å². The fraction of sp³-hybridized carbons (Fsp3) is 0.429. The van der Waals surface area contributed by atoms with Crippen LogP contribution in [0.15, 0.2) is 24.7 Å². The highest BCUT2D eigenvalue weighted by atomic mass is 19.4. The minimum absolute atomic E-state index is 0.137. The van der Waals surface area contributed by atoms with Gasteiger partial charge in [-0.25, -0.2) is 10.1 Å². The Morgan fingerprint density at radius 2 is 2.21 bits per heavy atom. The average Bonchev–Trinajstić information content (AvgIpc) is 3.07. The first-order chi connectivity index (χ1) is 11.4. The topological polar surface area (TPSA) is 86.8 Å². The third-order valence-corrected chi connectivity index (χ3v) is 3.84. The summed E-state index contributed by atoms with van der Waals surface area (Å²) in [5, 5.41) is 8.71. The van der Waals surface area contributed by atoms with Crippen molar-refractivity contribution in [3.63, 3.8) is 0 Å². The fourth-order valence-corrected chi connectivity index (χ4v) is 2.74. The summed E-state index contributed by atoms with van der Waals surface area (Å²) < 4.78 is 39.4. The van der Waals surface area contributed by atoms with Gasteiger partial charge in [-0.2, -0.15) is 23.3 Å². The third-order valence-electron chi connectivity index (χ3n) is 3.84. The molecule has 1 aliphatic heterocycles. The molecule has 0 radical (unpaired) electrons.